The second-order valence-corrected chi connectivity index (χ2v) is 6.66. The molecule has 1 aliphatic carbocycles. The van der Waals surface area contributed by atoms with E-state index >= 15 is 0 Å². The van der Waals surface area contributed by atoms with Gasteiger partial charge in [0, 0.05) is 10.7 Å². The number of rotatable bonds is 6. The number of carboxylic acid groups (broad SMARTS) is 1. The van der Waals surface area contributed by atoms with Gasteiger partial charge in [-0.15, -0.1) is 11.8 Å². The SMILES string of the molecule is CC(C)(SCc1noc(C2CC2)n1)[C@H](N)C(=O)O. The number of aromatic nitrogens is 2. The normalized spacial score (nSPS) is 17.7. The van der Waals surface area contributed by atoms with Crippen LogP contribution in [0.1, 0.15) is 44.3 Å². The third-order valence-corrected chi connectivity index (χ3v) is 4.40. The molecule has 0 radical (unpaired) electrons. The van der Waals surface area contributed by atoms with E-state index in [1.807, 2.05) is 0 Å². The summed E-state index contributed by atoms with van der Waals surface area (Å²) in [5.41, 5.74) is 5.64. The third-order valence-electron chi connectivity index (χ3n) is 3.00. The summed E-state index contributed by atoms with van der Waals surface area (Å²) < 4.78 is 4.56. The molecule has 0 unspecified atom stereocenters. The number of carboxylic acids is 1. The van der Waals surface area contributed by atoms with Gasteiger partial charge in [0.15, 0.2) is 5.82 Å². The van der Waals surface area contributed by atoms with E-state index in [0.29, 0.717) is 23.4 Å². The van der Waals surface area contributed by atoms with Gasteiger partial charge >= 0.3 is 5.97 Å². The Kier molecular flexibility index (Phi) is 3.63. The Morgan fingerprint density at radius 3 is 2.89 bits per heavy atom. The molecule has 100 valence electrons. The highest BCUT2D eigenvalue weighted by atomic mass is 32.2. The van der Waals surface area contributed by atoms with Crippen LogP contribution in [0.3, 0.4) is 0 Å². The van der Waals surface area contributed by atoms with Crippen LogP contribution in [0.25, 0.3) is 0 Å². The van der Waals surface area contributed by atoms with E-state index in [0.717, 1.165) is 12.8 Å². The van der Waals surface area contributed by atoms with Crippen LogP contribution in [0, 0.1) is 0 Å². The zero-order valence-corrected chi connectivity index (χ0v) is 11.2. The molecule has 1 aliphatic rings. The number of nitrogens with zero attached hydrogens (tertiary/aromatic N) is 2. The van der Waals surface area contributed by atoms with E-state index in [-0.39, 0.29) is 0 Å². The number of hydrogen-bond donors (Lipinski definition) is 2. The van der Waals surface area contributed by atoms with Gasteiger partial charge < -0.3 is 15.4 Å². The van der Waals surface area contributed by atoms with Crippen LogP contribution in [0.5, 0.6) is 0 Å². The van der Waals surface area contributed by atoms with Gasteiger partial charge in [-0.25, -0.2) is 0 Å². The molecule has 0 saturated heterocycles. The lowest BCUT2D eigenvalue weighted by Crippen LogP contribution is -2.46. The fraction of sp³-hybridized carbons (Fsp3) is 0.727. The maximum atomic E-state index is 10.9. The number of carbonyl (C=O) groups is 1. The van der Waals surface area contributed by atoms with E-state index in [9.17, 15) is 4.79 Å². The lowest BCUT2D eigenvalue weighted by atomic mass is 10.1. The lowest BCUT2D eigenvalue weighted by Gasteiger charge is -2.27. The predicted molar refractivity (Wildman–Crippen MR) is 67.3 cm³/mol. The van der Waals surface area contributed by atoms with Crippen molar-refractivity contribution in [3.63, 3.8) is 0 Å². The smallest absolute Gasteiger partial charge is 0.321 e. The van der Waals surface area contributed by atoms with E-state index in [2.05, 4.69) is 10.1 Å². The van der Waals surface area contributed by atoms with E-state index in [1.54, 1.807) is 13.8 Å². The summed E-state index contributed by atoms with van der Waals surface area (Å²) in [5, 5.41) is 12.8. The summed E-state index contributed by atoms with van der Waals surface area (Å²) in [6.45, 7) is 3.61. The molecule has 6 nitrogen and oxygen atoms in total. The van der Waals surface area contributed by atoms with Crippen molar-refractivity contribution in [2.24, 2.45) is 5.73 Å². The van der Waals surface area contributed by atoms with Gasteiger partial charge in [-0.2, -0.15) is 4.98 Å². The lowest BCUT2D eigenvalue weighted by molar-refractivity contribution is -0.139. The van der Waals surface area contributed by atoms with Gasteiger partial charge in [0.1, 0.15) is 6.04 Å². The molecule has 1 fully saturated rings. The van der Waals surface area contributed by atoms with Crippen molar-refractivity contribution in [1.29, 1.82) is 0 Å². The first-order valence-electron chi connectivity index (χ1n) is 5.85. The maximum Gasteiger partial charge on any atom is 0.321 e. The fourth-order valence-electron chi connectivity index (χ4n) is 1.46. The van der Waals surface area contributed by atoms with Crippen LogP contribution in [0.4, 0.5) is 0 Å². The number of aliphatic carboxylic acids is 1. The molecule has 1 atom stereocenters. The highest BCUT2D eigenvalue weighted by Gasteiger charge is 2.34. The van der Waals surface area contributed by atoms with Crippen molar-refractivity contribution in [3.05, 3.63) is 11.7 Å². The van der Waals surface area contributed by atoms with Crippen LogP contribution in [-0.4, -0.2) is 32.0 Å². The van der Waals surface area contributed by atoms with Crippen LogP contribution < -0.4 is 5.73 Å². The highest BCUT2D eigenvalue weighted by Crippen LogP contribution is 2.39. The number of hydrogen-bond acceptors (Lipinski definition) is 6. The number of thioether (sulfide) groups is 1. The van der Waals surface area contributed by atoms with Crippen molar-refractivity contribution in [2.75, 3.05) is 0 Å². The Morgan fingerprint density at radius 2 is 2.33 bits per heavy atom. The summed E-state index contributed by atoms with van der Waals surface area (Å²) in [6, 6.07) is -0.919. The summed E-state index contributed by atoms with van der Waals surface area (Å²) >= 11 is 1.42. The molecular formula is C11H17N3O3S. The zero-order chi connectivity index (χ0) is 13.3. The average Bonchev–Trinajstić information content (AvgIpc) is 3.05. The molecule has 7 heteroatoms. The van der Waals surface area contributed by atoms with Gasteiger partial charge in [-0.05, 0) is 26.7 Å². The first-order chi connectivity index (χ1) is 8.40. The predicted octanol–water partition coefficient (Wildman–Crippen LogP) is 1.37. The van der Waals surface area contributed by atoms with E-state index in [1.165, 1.54) is 11.8 Å². The minimum atomic E-state index is -1.00. The minimum Gasteiger partial charge on any atom is -0.480 e. The molecule has 1 heterocycles. The molecule has 0 bridgehead atoms. The van der Waals surface area contributed by atoms with Crippen LogP contribution in [0.2, 0.25) is 0 Å². The topological polar surface area (TPSA) is 102 Å². The molecule has 0 amide bonds. The van der Waals surface area contributed by atoms with Crippen LogP contribution in [0.15, 0.2) is 4.52 Å². The van der Waals surface area contributed by atoms with Crippen molar-refractivity contribution in [3.8, 4) is 0 Å². The Labute approximate surface area is 109 Å². The molecule has 2 rings (SSSR count). The zero-order valence-electron chi connectivity index (χ0n) is 10.4. The molecule has 1 saturated carbocycles. The van der Waals surface area contributed by atoms with E-state index < -0.39 is 16.8 Å². The standard InChI is InChI=1S/C11H17N3O3S/c1-11(2,8(12)10(15)16)18-5-7-13-9(17-14-7)6-3-4-6/h6,8H,3-5,12H2,1-2H3,(H,15,16)/t8-/m1/s1. The fourth-order valence-corrected chi connectivity index (χ4v) is 2.36. The molecule has 1 aromatic heterocycles. The van der Waals surface area contributed by atoms with Crippen LogP contribution in [-0.2, 0) is 10.5 Å². The summed E-state index contributed by atoms with van der Waals surface area (Å²) in [6.07, 6.45) is 2.23. The van der Waals surface area contributed by atoms with Gasteiger partial charge in [0.2, 0.25) is 5.89 Å². The number of nitrogens with two attached hydrogens (primary N) is 1. The quantitative estimate of drug-likeness (QED) is 0.805. The Bertz CT molecular complexity index is 442. The molecule has 0 aromatic carbocycles. The molecule has 18 heavy (non-hydrogen) atoms. The summed E-state index contributed by atoms with van der Waals surface area (Å²) in [4.78, 5) is 15.2. The second-order valence-electron chi connectivity index (χ2n) is 5.03. The van der Waals surface area contributed by atoms with E-state index in [4.69, 9.17) is 15.4 Å². The Balaban J connectivity index is 1.91. The second kappa shape index (κ2) is 4.89. The molecule has 0 aliphatic heterocycles. The molecule has 1 aromatic rings. The average molecular weight is 271 g/mol. The largest absolute Gasteiger partial charge is 0.480 e. The first-order valence-corrected chi connectivity index (χ1v) is 6.83. The monoisotopic (exact) mass is 271 g/mol. The van der Waals surface area contributed by atoms with Crippen LogP contribution >= 0.6 is 11.8 Å². The van der Waals surface area contributed by atoms with Crippen molar-refractivity contribution in [1.82, 2.24) is 10.1 Å². The van der Waals surface area contributed by atoms with Gasteiger partial charge in [0.05, 0.1) is 5.75 Å². The highest BCUT2D eigenvalue weighted by molar-refractivity contribution is 7.99. The van der Waals surface area contributed by atoms with Gasteiger partial charge in [-0.3, -0.25) is 4.79 Å². The minimum absolute atomic E-state index is 0.436. The van der Waals surface area contributed by atoms with Gasteiger partial charge in [-0.1, -0.05) is 5.16 Å². The Hall–Kier alpha value is -1.08. The third kappa shape index (κ3) is 3.02. The first kappa shape index (κ1) is 13.4. The van der Waals surface area contributed by atoms with Crippen molar-refractivity contribution in [2.45, 2.75) is 49.1 Å². The van der Waals surface area contributed by atoms with Crippen molar-refractivity contribution < 1.29 is 14.4 Å². The van der Waals surface area contributed by atoms with Crippen molar-refractivity contribution >= 4 is 17.7 Å². The molecular weight excluding hydrogens is 254 g/mol. The Morgan fingerprint density at radius 1 is 1.67 bits per heavy atom. The summed E-state index contributed by atoms with van der Waals surface area (Å²) in [7, 11) is 0. The van der Waals surface area contributed by atoms with Gasteiger partial charge in [0.25, 0.3) is 0 Å². The maximum absolute atomic E-state index is 10.9. The molecule has 0 spiro atoms. The molecule has 3 N–H and O–H groups in total. The summed E-state index contributed by atoms with van der Waals surface area (Å²) in [5.74, 6) is 1.24.